The van der Waals surface area contributed by atoms with Crippen LogP contribution in [0.2, 0.25) is 0 Å². The van der Waals surface area contributed by atoms with Crippen LogP contribution >= 0.6 is 0 Å². The van der Waals surface area contributed by atoms with Gasteiger partial charge in [0.2, 0.25) is 0 Å². The minimum atomic E-state index is 0.440. The standard InChI is InChI=1S/C16H16N2.C8H10.C2H6/c1-4-13(2)10-12-18-14(3)16-7-5-15(6-8-16)9-11-17;1-2-8-6-4-3-5-7-8;1-2/h4-8,10,12H,1-2,9H2,3H3;3-7H,2H2,1H3;1-2H3/b12-10-,18-14?;;. The summed E-state index contributed by atoms with van der Waals surface area (Å²) in [6.45, 7) is 15.5. The molecule has 28 heavy (non-hydrogen) atoms. The molecule has 0 bridgehead atoms. The summed E-state index contributed by atoms with van der Waals surface area (Å²) < 4.78 is 0. The van der Waals surface area contributed by atoms with Gasteiger partial charge in [-0.1, -0.05) is 94.6 Å². The monoisotopic (exact) mass is 372 g/mol. The summed E-state index contributed by atoms with van der Waals surface area (Å²) in [5.41, 5.74) is 5.23. The zero-order valence-corrected chi connectivity index (χ0v) is 17.7. The topological polar surface area (TPSA) is 36.1 Å². The van der Waals surface area contributed by atoms with Gasteiger partial charge in [0.25, 0.3) is 0 Å². The number of aliphatic imine (C=N–C) groups is 1. The van der Waals surface area contributed by atoms with E-state index >= 15 is 0 Å². The second-order valence-electron chi connectivity index (χ2n) is 5.68. The van der Waals surface area contributed by atoms with E-state index in [4.69, 9.17) is 5.26 Å². The van der Waals surface area contributed by atoms with Crippen molar-refractivity contribution in [2.45, 2.75) is 40.5 Å². The first kappa shape index (κ1) is 24.8. The molecule has 0 spiro atoms. The average molecular weight is 373 g/mol. The van der Waals surface area contributed by atoms with Crippen LogP contribution in [0.3, 0.4) is 0 Å². The molecule has 0 radical (unpaired) electrons. The highest BCUT2D eigenvalue weighted by molar-refractivity contribution is 5.99. The molecule has 2 aromatic carbocycles. The Balaban J connectivity index is 0.000000604. The fourth-order valence-corrected chi connectivity index (χ4v) is 2.06. The maximum absolute atomic E-state index is 8.59. The van der Waals surface area contributed by atoms with Crippen LogP contribution in [0.25, 0.3) is 0 Å². The summed E-state index contributed by atoms with van der Waals surface area (Å²) >= 11 is 0. The van der Waals surface area contributed by atoms with Crippen molar-refractivity contribution in [1.82, 2.24) is 0 Å². The molecule has 0 saturated carbocycles. The van der Waals surface area contributed by atoms with Crippen molar-refractivity contribution in [1.29, 1.82) is 5.26 Å². The van der Waals surface area contributed by atoms with Gasteiger partial charge in [-0.3, -0.25) is 4.99 Å². The summed E-state index contributed by atoms with van der Waals surface area (Å²) in [4.78, 5) is 4.32. The highest BCUT2D eigenvalue weighted by Gasteiger charge is 1.96. The maximum atomic E-state index is 8.59. The molecule has 0 atom stereocenters. The van der Waals surface area contributed by atoms with E-state index in [1.54, 1.807) is 18.4 Å². The number of nitrogens with zero attached hydrogens (tertiary/aromatic N) is 2. The van der Waals surface area contributed by atoms with Crippen LogP contribution in [0.4, 0.5) is 0 Å². The first-order valence-electron chi connectivity index (χ1n) is 9.63. The third-order valence-electron chi connectivity index (χ3n) is 3.72. The van der Waals surface area contributed by atoms with Crippen molar-refractivity contribution in [3.05, 3.63) is 108 Å². The zero-order chi connectivity index (χ0) is 21.2. The normalized spacial score (nSPS) is 10.0. The molecule has 0 heterocycles. The van der Waals surface area contributed by atoms with Gasteiger partial charge in [-0.15, -0.1) is 0 Å². The molecule has 0 N–H and O–H groups in total. The first-order valence-corrected chi connectivity index (χ1v) is 9.63. The number of benzene rings is 2. The lowest BCUT2D eigenvalue weighted by atomic mass is 10.1. The number of nitriles is 1. The molecule has 0 aliphatic carbocycles. The lowest BCUT2D eigenvalue weighted by Gasteiger charge is -2.00. The number of rotatable bonds is 6. The molecule has 0 unspecified atom stereocenters. The van der Waals surface area contributed by atoms with Gasteiger partial charge < -0.3 is 0 Å². The van der Waals surface area contributed by atoms with E-state index in [2.05, 4.69) is 55.4 Å². The van der Waals surface area contributed by atoms with Crippen molar-refractivity contribution < 1.29 is 0 Å². The predicted molar refractivity (Wildman–Crippen MR) is 124 cm³/mol. The van der Waals surface area contributed by atoms with Crippen LogP contribution in [0.15, 0.2) is 96.7 Å². The number of aryl methyl sites for hydroxylation is 1. The maximum Gasteiger partial charge on any atom is 0.0669 e. The molecule has 0 saturated heterocycles. The Morgan fingerprint density at radius 1 is 1.04 bits per heavy atom. The van der Waals surface area contributed by atoms with E-state index < -0.39 is 0 Å². The van der Waals surface area contributed by atoms with Crippen molar-refractivity contribution in [2.75, 3.05) is 0 Å². The largest absolute Gasteiger partial charge is 0.261 e. The highest BCUT2D eigenvalue weighted by atomic mass is 14.7. The molecule has 2 heteroatoms. The minimum absolute atomic E-state index is 0.440. The fraction of sp³-hybridized carbons (Fsp3) is 0.231. The molecule has 0 aromatic heterocycles. The van der Waals surface area contributed by atoms with Crippen molar-refractivity contribution >= 4 is 5.71 Å². The van der Waals surface area contributed by atoms with Gasteiger partial charge in [-0.2, -0.15) is 5.26 Å². The van der Waals surface area contributed by atoms with Crippen LogP contribution in [0.5, 0.6) is 0 Å². The molecule has 0 amide bonds. The SMILES string of the molecule is C=CC(=C)/C=C\N=C(C)c1ccc(CC#N)cc1.CC.CCc1ccccc1. The smallest absolute Gasteiger partial charge is 0.0669 e. The first-order chi connectivity index (χ1) is 13.6. The van der Waals surface area contributed by atoms with Gasteiger partial charge in [0.15, 0.2) is 0 Å². The summed E-state index contributed by atoms with van der Waals surface area (Å²) in [6, 6.07) is 20.4. The summed E-state index contributed by atoms with van der Waals surface area (Å²) in [7, 11) is 0. The van der Waals surface area contributed by atoms with Crippen LogP contribution in [-0.4, -0.2) is 5.71 Å². The molecule has 2 rings (SSSR count). The number of allylic oxidation sites excluding steroid dienone is 3. The van der Waals surface area contributed by atoms with Crippen LogP contribution < -0.4 is 0 Å². The molecule has 2 aromatic rings. The minimum Gasteiger partial charge on any atom is -0.261 e. The number of hydrogen-bond donors (Lipinski definition) is 0. The number of hydrogen-bond acceptors (Lipinski definition) is 2. The van der Waals surface area contributed by atoms with E-state index in [0.717, 1.165) is 28.8 Å². The fourth-order valence-electron chi connectivity index (χ4n) is 2.06. The third-order valence-corrected chi connectivity index (χ3v) is 3.72. The molecule has 2 nitrogen and oxygen atoms in total. The molecular weight excluding hydrogens is 340 g/mol. The Labute approximate surface area is 171 Å². The Morgan fingerprint density at radius 2 is 1.64 bits per heavy atom. The van der Waals surface area contributed by atoms with E-state index in [9.17, 15) is 0 Å². The Bertz CT molecular complexity index is 789. The van der Waals surface area contributed by atoms with Gasteiger partial charge in [-0.05, 0) is 41.7 Å². The Morgan fingerprint density at radius 3 is 2.11 bits per heavy atom. The molecule has 0 aliphatic heterocycles. The van der Waals surface area contributed by atoms with E-state index in [1.807, 2.05) is 51.1 Å². The average Bonchev–Trinajstić information content (AvgIpc) is 2.76. The second-order valence-corrected chi connectivity index (χ2v) is 5.68. The Kier molecular flexibility index (Phi) is 14.2. The lowest BCUT2D eigenvalue weighted by Crippen LogP contribution is -1.94. The molecule has 146 valence electrons. The van der Waals surface area contributed by atoms with Crippen molar-refractivity contribution in [3.63, 3.8) is 0 Å². The predicted octanol–water partition coefficient (Wildman–Crippen LogP) is 7.09. The van der Waals surface area contributed by atoms with Gasteiger partial charge in [0.1, 0.15) is 0 Å². The summed E-state index contributed by atoms with van der Waals surface area (Å²) in [6.07, 6.45) is 6.78. The quantitative estimate of drug-likeness (QED) is 0.394. The van der Waals surface area contributed by atoms with E-state index in [1.165, 1.54) is 5.56 Å². The lowest BCUT2D eigenvalue weighted by molar-refractivity contribution is 1.14. The van der Waals surface area contributed by atoms with Gasteiger partial charge in [0.05, 0.1) is 12.5 Å². The van der Waals surface area contributed by atoms with E-state index in [0.29, 0.717) is 6.42 Å². The second kappa shape index (κ2) is 16.0. The van der Waals surface area contributed by atoms with E-state index in [-0.39, 0.29) is 0 Å². The summed E-state index contributed by atoms with van der Waals surface area (Å²) in [5, 5.41) is 8.59. The zero-order valence-electron chi connectivity index (χ0n) is 17.7. The summed E-state index contributed by atoms with van der Waals surface area (Å²) in [5.74, 6) is 0. The van der Waals surface area contributed by atoms with Crippen LogP contribution in [0, 0.1) is 11.3 Å². The van der Waals surface area contributed by atoms with Gasteiger partial charge in [-0.25, -0.2) is 0 Å². The molecular formula is C26H32N2. The van der Waals surface area contributed by atoms with Crippen LogP contribution in [0.1, 0.15) is 44.4 Å². The molecule has 0 aliphatic rings. The third kappa shape index (κ3) is 10.7. The van der Waals surface area contributed by atoms with Crippen molar-refractivity contribution in [3.8, 4) is 6.07 Å². The van der Waals surface area contributed by atoms with Gasteiger partial charge >= 0.3 is 0 Å². The van der Waals surface area contributed by atoms with Gasteiger partial charge in [0, 0.05) is 11.9 Å². The van der Waals surface area contributed by atoms with Crippen molar-refractivity contribution in [2.24, 2.45) is 4.99 Å². The van der Waals surface area contributed by atoms with Crippen LogP contribution in [-0.2, 0) is 12.8 Å². The highest BCUT2D eigenvalue weighted by Crippen LogP contribution is 2.07. The Hall–Kier alpha value is -3.18. The molecule has 0 fully saturated rings.